The minimum Gasteiger partial charge on any atom is -0.310 e. The molecule has 0 aliphatic heterocycles. The van der Waals surface area contributed by atoms with Gasteiger partial charge in [0.1, 0.15) is 5.82 Å². The highest BCUT2D eigenvalue weighted by Gasteiger charge is 2.21. The Kier molecular flexibility index (Phi) is 3.66. The summed E-state index contributed by atoms with van der Waals surface area (Å²) in [5.41, 5.74) is 2.32. The standard InChI is InChI=1S/C16H15FN2O2/c17-13-5-4-12(10-18-14-6-7-14)16(9-13)11-2-1-3-15(8-11)19(20)21/h1-5,8-9,14,18H,6-7,10H2. The van der Waals surface area contributed by atoms with Crippen LogP contribution in [0.5, 0.6) is 0 Å². The first-order chi connectivity index (χ1) is 10.1. The monoisotopic (exact) mass is 286 g/mol. The van der Waals surface area contributed by atoms with Crippen molar-refractivity contribution in [2.24, 2.45) is 0 Å². The number of hydrogen-bond acceptors (Lipinski definition) is 3. The zero-order chi connectivity index (χ0) is 14.8. The summed E-state index contributed by atoms with van der Waals surface area (Å²) < 4.78 is 13.5. The summed E-state index contributed by atoms with van der Waals surface area (Å²) in [4.78, 5) is 10.4. The predicted molar refractivity (Wildman–Crippen MR) is 78.4 cm³/mol. The molecule has 1 aliphatic rings. The molecule has 1 saturated carbocycles. The molecule has 0 heterocycles. The van der Waals surface area contributed by atoms with E-state index >= 15 is 0 Å². The zero-order valence-electron chi connectivity index (χ0n) is 11.4. The second-order valence-corrected chi connectivity index (χ2v) is 5.26. The number of nitrogens with one attached hydrogen (secondary N) is 1. The van der Waals surface area contributed by atoms with Crippen molar-refractivity contribution in [1.82, 2.24) is 5.32 Å². The van der Waals surface area contributed by atoms with E-state index in [4.69, 9.17) is 0 Å². The number of nitrogens with zero attached hydrogens (tertiary/aromatic N) is 1. The van der Waals surface area contributed by atoms with E-state index in [9.17, 15) is 14.5 Å². The van der Waals surface area contributed by atoms with Crippen LogP contribution in [0.1, 0.15) is 18.4 Å². The molecule has 0 unspecified atom stereocenters. The topological polar surface area (TPSA) is 55.2 Å². The number of hydrogen-bond donors (Lipinski definition) is 1. The van der Waals surface area contributed by atoms with Crippen molar-refractivity contribution in [3.8, 4) is 11.1 Å². The van der Waals surface area contributed by atoms with Gasteiger partial charge in [0.15, 0.2) is 0 Å². The maximum atomic E-state index is 13.5. The van der Waals surface area contributed by atoms with Crippen LogP contribution in [0, 0.1) is 15.9 Å². The van der Waals surface area contributed by atoms with E-state index in [-0.39, 0.29) is 11.5 Å². The highest BCUT2D eigenvalue weighted by Crippen LogP contribution is 2.28. The summed E-state index contributed by atoms with van der Waals surface area (Å²) in [6.45, 7) is 0.642. The number of rotatable bonds is 5. The van der Waals surface area contributed by atoms with Gasteiger partial charge in [-0.05, 0) is 41.7 Å². The molecular formula is C16H15FN2O2. The van der Waals surface area contributed by atoms with E-state index in [1.807, 2.05) is 0 Å². The van der Waals surface area contributed by atoms with Gasteiger partial charge in [0.05, 0.1) is 4.92 Å². The largest absolute Gasteiger partial charge is 0.310 e. The summed E-state index contributed by atoms with van der Waals surface area (Å²) in [5, 5.41) is 14.3. The van der Waals surface area contributed by atoms with Gasteiger partial charge in [-0.3, -0.25) is 10.1 Å². The lowest BCUT2D eigenvalue weighted by Crippen LogP contribution is -2.15. The molecule has 0 atom stereocenters. The zero-order valence-corrected chi connectivity index (χ0v) is 11.4. The van der Waals surface area contributed by atoms with Crippen LogP contribution in [0.15, 0.2) is 42.5 Å². The molecule has 0 radical (unpaired) electrons. The molecule has 2 aromatic carbocycles. The Balaban J connectivity index is 1.96. The van der Waals surface area contributed by atoms with Crippen molar-refractivity contribution >= 4 is 5.69 Å². The Morgan fingerprint density at radius 1 is 1.24 bits per heavy atom. The maximum Gasteiger partial charge on any atom is 0.270 e. The molecule has 0 saturated heterocycles. The number of nitro groups is 1. The molecule has 108 valence electrons. The molecule has 0 bridgehead atoms. The molecule has 1 aliphatic carbocycles. The average molecular weight is 286 g/mol. The lowest BCUT2D eigenvalue weighted by atomic mass is 9.99. The van der Waals surface area contributed by atoms with Crippen molar-refractivity contribution in [2.45, 2.75) is 25.4 Å². The van der Waals surface area contributed by atoms with Crippen LogP contribution in [0.25, 0.3) is 11.1 Å². The second kappa shape index (κ2) is 5.61. The fourth-order valence-corrected chi connectivity index (χ4v) is 2.30. The summed E-state index contributed by atoms with van der Waals surface area (Å²) in [6.07, 6.45) is 2.35. The quantitative estimate of drug-likeness (QED) is 0.674. The predicted octanol–water partition coefficient (Wildman–Crippen LogP) is 3.65. The smallest absolute Gasteiger partial charge is 0.270 e. The van der Waals surface area contributed by atoms with Crippen LogP contribution in [0.2, 0.25) is 0 Å². The maximum absolute atomic E-state index is 13.5. The number of halogens is 1. The van der Waals surface area contributed by atoms with E-state index in [1.165, 1.54) is 37.1 Å². The van der Waals surface area contributed by atoms with E-state index in [0.717, 1.165) is 5.56 Å². The molecule has 1 N–H and O–H groups in total. The highest BCUT2D eigenvalue weighted by molar-refractivity contribution is 5.69. The Bertz CT molecular complexity index is 684. The first-order valence-corrected chi connectivity index (χ1v) is 6.90. The van der Waals surface area contributed by atoms with Crippen molar-refractivity contribution < 1.29 is 9.31 Å². The van der Waals surface area contributed by atoms with Crippen molar-refractivity contribution in [2.75, 3.05) is 0 Å². The molecule has 3 rings (SSSR count). The van der Waals surface area contributed by atoms with Gasteiger partial charge < -0.3 is 5.32 Å². The van der Waals surface area contributed by atoms with Crippen LogP contribution in [0.4, 0.5) is 10.1 Å². The molecule has 0 amide bonds. The van der Waals surface area contributed by atoms with Gasteiger partial charge in [-0.15, -0.1) is 0 Å². The fourth-order valence-electron chi connectivity index (χ4n) is 2.30. The van der Waals surface area contributed by atoms with E-state index in [2.05, 4.69) is 5.32 Å². The Labute approximate surface area is 121 Å². The van der Waals surface area contributed by atoms with Crippen LogP contribution in [-0.4, -0.2) is 11.0 Å². The summed E-state index contributed by atoms with van der Waals surface area (Å²) >= 11 is 0. The molecule has 4 nitrogen and oxygen atoms in total. The third-order valence-corrected chi connectivity index (χ3v) is 3.60. The van der Waals surface area contributed by atoms with Gasteiger partial charge >= 0.3 is 0 Å². The van der Waals surface area contributed by atoms with Crippen molar-refractivity contribution in [1.29, 1.82) is 0 Å². The van der Waals surface area contributed by atoms with E-state index in [0.29, 0.717) is 23.7 Å². The van der Waals surface area contributed by atoms with Gasteiger partial charge in [0, 0.05) is 24.7 Å². The Morgan fingerprint density at radius 2 is 2.05 bits per heavy atom. The average Bonchev–Trinajstić information content (AvgIpc) is 3.30. The first-order valence-electron chi connectivity index (χ1n) is 6.90. The molecule has 0 aromatic heterocycles. The molecular weight excluding hydrogens is 271 g/mol. The second-order valence-electron chi connectivity index (χ2n) is 5.26. The van der Waals surface area contributed by atoms with Crippen LogP contribution < -0.4 is 5.32 Å². The van der Waals surface area contributed by atoms with Gasteiger partial charge in [-0.2, -0.15) is 0 Å². The first kappa shape index (κ1) is 13.7. The summed E-state index contributed by atoms with van der Waals surface area (Å²) in [6, 6.07) is 11.4. The fraction of sp³-hybridized carbons (Fsp3) is 0.250. The third-order valence-electron chi connectivity index (χ3n) is 3.60. The van der Waals surface area contributed by atoms with E-state index < -0.39 is 4.92 Å². The molecule has 5 heteroatoms. The molecule has 1 fully saturated rings. The normalized spacial score (nSPS) is 14.1. The molecule has 0 spiro atoms. The third kappa shape index (κ3) is 3.25. The van der Waals surface area contributed by atoms with Gasteiger partial charge in [-0.25, -0.2) is 4.39 Å². The van der Waals surface area contributed by atoms with Gasteiger partial charge in [0.2, 0.25) is 0 Å². The van der Waals surface area contributed by atoms with Gasteiger partial charge in [0.25, 0.3) is 5.69 Å². The highest BCUT2D eigenvalue weighted by atomic mass is 19.1. The number of non-ortho nitro benzene ring substituents is 1. The van der Waals surface area contributed by atoms with Crippen LogP contribution >= 0.6 is 0 Å². The van der Waals surface area contributed by atoms with Crippen LogP contribution in [-0.2, 0) is 6.54 Å². The minimum atomic E-state index is -0.440. The lowest BCUT2D eigenvalue weighted by molar-refractivity contribution is -0.384. The number of benzene rings is 2. The summed E-state index contributed by atoms with van der Waals surface area (Å²) in [7, 11) is 0. The van der Waals surface area contributed by atoms with Crippen LogP contribution in [0.3, 0.4) is 0 Å². The van der Waals surface area contributed by atoms with E-state index in [1.54, 1.807) is 18.2 Å². The Hall–Kier alpha value is -2.27. The SMILES string of the molecule is O=[N+]([O-])c1cccc(-c2cc(F)ccc2CNC2CC2)c1. The van der Waals surface area contributed by atoms with Crippen molar-refractivity contribution in [3.05, 3.63) is 64.0 Å². The molecule has 2 aromatic rings. The molecule has 21 heavy (non-hydrogen) atoms. The minimum absolute atomic E-state index is 0.0119. The summed E-state index contributed by atoms with van der Waals surface area (Å²) in [5.74, 6) is -0.341. The number of nitro benzene ring substituents is 1. The van der Waals surface area contributed by atoms with Crippen molar-refractivity contribution in [3.63, 3.8) is 0 Å². The Morgan fingerprint density at radius 3 is 2.76 bits per heavy atom. The lowest BCUT2D eigenvalue weighted by Gasteiger charge is -2.11. The van der Waals surface area contributed by atoms with Gasteiger partial charge in [-0.1, -0.05) is 18.2 Å².